The van der Waals surface area contributed by atoms with Crippen molar-refractivity contribution < 1.29 is 64.6 Å². The van der Waals surface area contributed by atoms with Crippen molar-refractivity contribution >= 4 is 5.91 Å². The van der Waals surface area contributed by atoms with Crippen molar-refractivity contribution in [3.63, 3.8) is 0 Å². The summed E-state index contributed by atoms with van der Waals surface area (Å²) in [6.07, 6.45) is 18.8. The van der Waals surface area contributed by atoms with Crippen LogP contribution in [0.4, 0.5) is 0 Å². The number of amides is 1. The molecule has 0 aromatic carbocycles. The maximum atomic E-state index is 13.1. The Kier molecular flexibility index (Phi) is 29.4. The SMILES string of the molecule is CCC/C=C/CC/C=C/CC/C=C/C(O)C(COC1OC(CO)C(OC2OC(CO)C(O)C(O)C2O)C(O)C1O)NC(=O)CCCCCCC/C=C\CCCCCCC. The topological polar surface area (TPSA) is 228 Å². The summed E-state index contributed by atoms with van der Waals surface area (Å²) in [6, 6.07) is -0.939. The van der Waals surface area contributed by atoms with Gasteiger partial charge in [0.2, 0.25) is 5.91 Å². The van der Waals surface area contributed by atoms with Gasteiger partial charge in [0.1, 0.15) is 48.8 Å². The summed E-state index contributed by atoms with van der Waals surface area (Å²) in [6.45, 7) is 2.62. The Morgan fingerprint density at radius 1 is 0.593 bits per heavy atom. The van der Waals surface area contributed by atoms with E-state index >= 15 is 0 Å². The first-order valence-corrected chi connectivity index (χ1v) is 22.4. The zero-order chi connectivity index (χ0) is 43.3. The van der Waals surface area contributed by atoms with Gasteiger partial charge < -0.3 is 65.1 Å². The molecule has 14 heteroatoms. The highest BCUT2D eigenvalue weighted by molar-refractivity contribution is 5.76. The summed E-state index contributed by atoms with van der Waals surface area (Å²) in [5, 5.41) is 86.3. The largest absolute Gasteiger partial charge is 0.394 e. The van der Waals surface area contributed by atoms with Crippen LogP contribution in [0.15, 0.2) is 48.6 Å². The van der Waals surface area contributed by atoms with Crippen LogP contribution in [-0.2, 0) is 23.7 Å². The summed E-state index contributed by atoms with van der Waals surface area (Å²) in [4.78, 5) is 13.1. The quantitative estimate of drug-likeness (QED) is 0.0343. The zero-order valence-corrected chi connectivity index (χ0v) is 35.7. The van der Waals surface area contributed by atoms with Crippen molar-refractivity contribution in [2.45, 2.75) is 209 Å². The first kappa shape index (κ1) is 53.1. The molecule has 0 aromatic rings. The first-order chi connectivity index (χ1) is 28.6. The van der Waals surface area contributed by atoms with Gasteiger partial charge in [-0.05, 0) is 64.2 Å². The predicted molar refractivity (Wildman–Crippen MR) is 226 cm³/mol. The number of aliphatic hydroxyl groups excluding tert-OH is 8. The Morgan fingerprint density at radius 3 is 1.73 bits per heavy atom. The van der Waals surface area contributed by atoms with E-state index in [0.29, 0.717) is 12.8 Å². The van der Waals surface area contributed by atoms with Crippen LogP contribution in [0.25, 0.3) is 0 Å². The van der Waals surface area contributed by atoms with E-state index in [2.05, 4.69) is 55.6 Å². The lowest BCUT2D eigenvalue weighted by molar-refractivity contribution is -0.359. The number of nitrogens with one attached hydrogen (secondary N) is 1. The van der Waals surface area contributed by atoms with Crippen LogP contribution in [0.3, 0.4) is 0 Å². The molecular formula is C45H79NO13. The molecular weight excluding hydrogens is 762 g/mol. The number of allylic oxidation sites excluding steroid dienone is 7. The fraction of sp³-hybridized carbons (Fsp3) is 0.800. The van der Waals surface area contributed by atoms with Crippen LogP contribution >= 0.6 is 0 Å². The molecule has 2 rings (SSSR count). The summed E-state index contributed by atoms with van der Waals surface area (Å²) in [7, 11) is 0. The molecule has 0 saturated carbocycles. The molecule has 59 heavy (non-hydrogen) atoms. The molecule has 0 radical (unpaired) electrons. The van der Waals surface area contributed by atoms with E-state index in [0.717, 1.165) is 70.6 Å². The third-order valence-corrected chi connectivity index (χ3v) is 10.7. The standard InChI is InChI=1S/C45H79NO13/c1-3-5-7-9-11-13-15-16-17-19-21-23-25-27-29-37(50)46-33(34(49)28-26-24-22-20-18-14-12-10-8-6-4-2)32-56-44-42(55)40(53)43(36(31-48)58-44)59-45-41(54)39(52)38(51)35(30-47)57-45/h8,10,15-16,18,20,26,28,33-36,38-45,47-49,51-55H,3-7,9,11-14,17,19,21-25,27,29-32H2,1-2H3,(H,46,50)/b10-8+,16-15-,20-18+,28-26+. The lowest BCUT2D eigenvalue weighted by Gasteiger charge is -2.46. The summed E-state index contributed by atoms with van der Waals surface area (Å²) >= 11 is 0. The molecule has 2 aliphatic heterocycles. The number of hydrogen-bond acceptors (Lipinski definition) is 13. The van der Waals surface area contributed by atoms with Gasteiger partial charge in [0.05, 0.1) is 32.0 Å². The van der Waals surface area contributed by atoms with Gasteiger partial charge in [-0.25, -0.2) is 0 Å². The average molecular weight is 842 g/mol. The molecule has 0 aliphatic carbocycles. The Hall–Kier alpha value is -2.05. The van der Waals surface area contributed by atoms with Crippen molar-refractivity contribution in [1.82, 2.24) is 5.32 Å². The van der Waals surface area contributed by atoms with Crippen molar-refractivity contribution in [1.29, 1.82) is 0 Å². The molecule has 342 valence electrons. The second-order valence-electron chi connectivity index (χ2n) is 15.8. The smallest absolute Gasteiger partial charge is 0.220 e. The molecule has 2 saturated heterocycles. The van der Waals surface area contributed by atoms with Crippen molar-refractivity contribution in [3.05, 3.63) is 48.6 Å². The van der Waals surface area contributed by atoms with Gasteiger partial charge in [-0.1, -0.05) is 114 Å². The summed E-state index contributed by atoms with van der Waals surface area (Å²) < 4.78 is 22.6. The predicted octanol–water partition coefficient (Wildman–Crippen LogP) is 4.15. The normalized spacial score (nSPS) is 29.0. The fourth-order valence-electron chi connectivity index (χ4n) is 6.97. The number of unbranched alkanes of at least 4 members (excludes halogenated alkanes) is 13. The first-order valence-electron chi connectivity index (χ1n) is 22.4. The number of carbonyl (C=O) groups is 1. The van der Waals surface area contributed by atoms with Gasteiger partial charge in [0, 0.05) is 6.42 Å². The molecule has 9 N–H and O–H groups in total. The lowest BCUT2D eigenvalue weighted by Crippen LogP contribution is -2.65. The van der Waals surface area contributed by atoms with Gasteiger partial charge in [-0.3, -0.25) is 4.79 Å². The van der Waals surface area contributed by atoms with Crippen molar-refractivity contribution in [2.24, 2.45) is 0 Å². The fourth-order valence-corrected chi connectivity index (χ4v) is 6.97. The van der Waals surface area contributed by atoms with Gasteiger partial charge in [0.25, 0.3) is 0 Å². The van der Waals surface area contributed by atoms with E-state index in [9.17, 15) is 45.6 Å². The second kappa shape index (κ2) is 32.6. The monoisotopic (exact) mass is 842 g/mol. The van der Waals surface area contributed by atoms with Gasteiger partial charge in [-0.2, -0.15) is 0 Å². The number of rotatable bonds is 32. The van der Waals surface area contributed by atoms with Gasteiger partial charge >= 0.3 is 0 Å². The molecule has 2 fully saturated rings. The highest BCUT2D eigenvalue weighted by Crippen LogP contribution is 2.30. The molecule has 1 amide bonds. The zero-order valence-electron chi connectivity index (χ0n) is 35.7. The lowest BCUT2D eigenvalue weighted by atomic mass is 9.97. The molecule has 14 nitrogen and oxygen atoms in total. The number of ether oxygens (including phenoxy) is 4. The Labute approximate surface area is 353 Å². The van der Waals surface area contributed by atoms with Crippen LogP contribution < -0.4 is 5.32 Å². The Bertz CT molecular complexity index is 1180. The molecule has 0 spiro atoms. The third kappa shape index (κ3) is 21.1. The minimum absolute atomic E-state index is 0.258. The van der Waals surface area contributed by atoms with Crippen LogP contribution in [0.1, 0.15) is 136 Å². The van der Waals surface area contributed by atoms with E-state index < -0.39 is 86.8 Å². The minimum atomic E-state index is -1.79. The molecule has 0 bridgehead atoms. The third-order valence-electron chi connectivity index (χ3n) is 10.7. The van der Waals surface area contributed by atoms with E-state index in [4.69, 9.17) is 18.9 Å². The van der Waals surface area contributed by atoms with Crippen LogP contribution in [-0.4, -0.2) is 140 Å². The molecule has 12 atom stereocenters. The minimum Gasteiger partial charge on any atom is -0.394 e. The van der Waals surface area contributed by atoms with Crippen molar-refractivity contribution in [2.75, 3.05) is 19.8 Å². The maximum Gasteiger partial charge on any atom is 0.220 e. The van der Waals surface area contributed by atoms with E-state index in [1.54, 1.807) is 6.08 Å². The Balaban J connectivity index is 1.93. The highest BCUT2D eigenvalue weighted by atomic mass is 16.7. The second-order valence-corrected chi connectivity index (χ2v) is 15.8. The van der Waals surface area contributed by atoms with Gasteiger partial charge in [0.15, 0.2) is 12.6 Å². The van der Waals surface area contributed by atoms with E-state index in [-0.39, 0.29) is 18.9 Å². The molecule has 12 unspecified atom stereocenters. The maximum absolute atomic E-state index is 13.1. The van der Waals surface area contributed by atoms with Crippen molar-refractivity contribution in [3.8, 4) is 0 Å². The van der Waals surface area contributed by atoms with Gasteiger partial charge in [-0.15, -0.1) is 0 Å². The molecule has 2 heterocycles. The number of aliphatic hydroxyl groups is 8. The highest BCUT2D eigenvalue weighted by Gasteiger charge is 2.50. The number of carbonyl (C=O) groups excluding carboxylic acids is 1. The Morgan fingerprint density at radius 2 is 1.12 bits per heavy atom. The molecule has 2 aliphatic rings. The average Bonchev–Trinajstić information content (AvgIpc) is 3.23. The van der Waals surface area contributed by atoms with Crippen LogP contribution in [0.5, 0.6) is 0 Å². The van der Waals surface area contributed by atoms with Crippen LogP contribution in [0, 0.1) is 0 Å². The van der Waals surface area contributed by atoms with Crippen LogP contribution in [0.2, 0.25) is 0 Å². The van der Waals surface area contributed by atoms with E-state index in [1.165, 1.54) is 32.1 Å². The number of hydrogen-bond donors (Lipinski definition) is 9. The summed E-state index contributed by atoms with van der Waals surface area (Å²) in [5.74, 6) is -0.268. The molecule has 0 aromatic heterocycles. The van der Waals surface area contributed by atoms with E-state index in [1.807, 2.05) is 6.08 Å². The summed E-state index contributed by atoms with van der Waals surface area (Å²) in [5.41, 5.74) is 0.